The lowest BCUT2D eigenvalue weighted by Crippen LogP contribution is -2.53. The number of nitrogens with one attached hydrogen (secondary N) is 1. The zero-order valence-corrected chi connectivity index (χ0v) is 18.8. The van der Waals surface area contributed by atoms with Gasteiger partial charge in [-0.15, -0.1) is 0 Å². The maximum Gasteiger partial charge on any atom is 0.241 e. The lowest BCUT2D eigenvalue weighted by Gasteiger charge is -2.37. The van der Waals surface area contributed by atoms with Crippen molar-refractivity contribution in [2.75, 3.05) is 57.4 Å². The van der Waals surface area contributed by atoms with E-state index in [0.717, 1.165) is 0 Å². The molecule has 0 aromatic heterocycles. The summed E-state index contributed by atoms with van der Waals surface area (Å²) >= 11 is 0. The fourth-order valence-corrected chi connectivity index (χ4v) is 6.81. The largest absolute Gasteiger partial charge is 0.490 e. The van der Waals surface area contributed by atoms with E-state index in [2.05, 4.69) is 9.62 Å². The summed E-state index contributed by atoms with van der Waals surface area (Å²) in [5.74, 6) is 0.961. The highest BCUT2D eigenvalue weighted by Gasteiger charge is 2.34. The van der Waals surface area contributed by atoms with Gasteiger partial charge in [0.1, 0.15) is 0 Å². The molecule has 172 valence electrons. The van der Waals surface area contributed by atoms with Crippen molar-refractivity contribution in [2.45, 2.75) is 23.8 Å². The third kappa shape index (κ3) is 5.30. The number of hydrogen-bond donors (Lipinski definition) is 1. The molecule has 10 nitrogen and oxygen atoms in total. The van der Waals surface area contributed by atoms with E-state index in [4.69, 9.17) is 9.47 Å². The maximum absolute atomic E-state index is 12.6. The molecule has 0 bridgehead atoms. The van der Waals surface area contributed by atoms with Crippen molar-refractivity contribution in [3.63, 3.8) is 0 Å². The Labute approximate surface area is 182 Å². The van der Waals surface area contributed by atoms with Gasteiger partial charge in [0.15, 0.2) is 21.3 Å². The highest BCUT2D eigenvalue weighted by Crippen LogP contribution is 2.31. The second-order valence-electron chi connectivity index (χ2n) is 7.96. The zero-order chi connectivity index (χ0) is 22.1. The molecule has 1 amide bonds. The number of nitrogens with zero attached hydrogens (tertiary/aromatic N) is 2. The van der Waals surface area contributed by atoms with Crippen LogP contribution in [0.1, 0.15) is 12.8 Å². The van der Waals surface area contributed by atoms with E-state index >= 15 is 0 Å². The lowest BCUT2D eigenvalue weighted by atomic mass is 10.2. The number of carbonyl (C=O) groups is 1. The molecule has 0 spiro atoms. The highest BCUT2D eigenvalue weighted by atomic mass is 32.2. The first-order chi connectivity index (χ1) is 14.7. The van der Waals surface area contributed by atoms with Gasteiger partial charge in [-0.2, -0.15) is 0 Å². The Bertz CT molecular complexity index is 1030. The molecule has 3 aliphatic heterocycles. The van der Waals surface area contributed by atoms with Crippen LogP contribution >= 0.6 is 0 Å². The molecule has 3 aliphatic rings. The minimum Gasteiger partial charge on any atom is -0.490 e. The van der Waals surface area contributed by atoms with Crippen LogP contribution in [-0.2, 0) is 24.7 Å². The minimum absolute atomic E-state index is 0.0109. The molecular weight excluding hydrogens is 446 g/mol. The van der Waals surface area contributed by atoms with Crippen molar-refractivity contribution < 1.29 is 31.1 Å². The predicted molar refractivity (Wildman–Crippen MR) is 112 cm³/mol. The SMILES string of the molecule is O=C(CNS(=O)(=O)c1ccc2c(c1)OCCCO2)N1CCN([C@@H]2CCS(=O)(=O)C2)CC1. The minimum atomic E-state index is -3.89. The molecule has 1 atom stereocenters. The van der Waals surface area contributed by atoms with E-state index in [1.165, 1.54) is 12.1 Å². The second-order valence-corrected chi connectivity index (χ2v) is 12.0. The van der Waals surface area contributed by atoms with Crippen molar-refractivity contribution in [2.24, 2.45) is 0 Å². The third-order valence-electron chi connectivity index (χ3n) is 5.83. The van der Waals surface area contributed by atoms with Gasteiger partial charge in [-0.1, -0.05) is 0 Å². The van der Waals surface area contributed by atoms with Crippen LogP contribution in [0.2, 0.25) is 0 Å². The quantitative estimate of drug-likeness (QED) is 0.605. The van der Waals surface area contributed by atoms with Crippen molar-refractivity contribution in [1.29, 1.82) is 0 Å². The van der Waals surface area contributed by atoms with Crippen LogP contribution < -0.4 is 14.2 Å². The number of piperazine rings is 1. The molecule has 31 heavy (non-hydrogen) atoms. The van der Waals surface area contributed by atoms with E-state index in [0.29, 0.717) is 63.7 Å². The Morgan fingerprint density at radius 1 is 1.10 bits per heavy atom. The number of hydrogen-bond acceptors (Lipinski definition) is 8. The number of carbonyl (C=O) groups excluding carboxylic acids is 1. The number of sulfonamides is 1. The zero-order valence-electron chi connectivity index (χ0n) is 17.2. The summed E-state index contributed by atoms with van der Waals surface area (Å²) in [6.45, 7) is 2.68. The number of ether oxygens (including phenoxy) is 2. The molecule has 4 rings (SSSR count). The lowest BCUT2D eigenvalue weighted by molar-refractivity contribution is -0.131. The summed E-state index contributed by atoms with van der Waals surface area (Å²) in [5, 5.41) is 0. The molecule has 0 saturated carbocycles. The first-order valence-electron chi connectivity index (χ1n) is 10.4. The Morgan fingerprint density at radius 3 is 2.48 bits per heavy atom. The predicted octanol–water partition coefficient (Wildman–Crippen LogP) is -0.542. The summed E-state index contributed by atoms with van der Waals surface area (Å²) in [4.78, 5) is 16.3. The number of rotatable bonds is 5. The summed E-state index contributed by atoms with van der Waals surface area (Å²) in [5.41, 5.74) is 0. The van der Waals surface area contributed by atoms with Gasteiger partial charge in [0, 0.05) is 44.7 Å². The Kier molecular flexibility index (Phi) is 6.42. The van der Waals surface area contributed by atoms with Gasteiger partial charge in [0.25, 0.3) is 0 Å². The Hall–Kier alpha value is -1.89. The Balaban J connectivity index is 1.30. The van der Waals surface area contributed by atoms with Crippen LogP contribution in [0.5, 0.6) is 11.5 Å². The maximum atomic E-state index is 12.6. The van der Waals surface area contributed by atoms with Crippen LogP contribution in [0.3, 0.4) is 0 Å². The molecule has 0 unspecified atom stereocenters. The van der Waals surface area contributed by atoms with Crippen LogP contribution in [-0.4, -0.2) is 96.0 Å². The van der Waals surface area contributed by atoms with Crippen LogP contribution in [0.25, 0.3) is 0 Å². The second kappa shape index (κ2) is 8.93. The van der Waals surface area contributed by atoms with Gasteiger partial charge >= 0.3 is 0 Å². The molecule has 0 radical (unpaired) electrons. The van der Waals surface area contributed by atoms with Gasteiger partial charge < -0.3 is 14.4 Å². The molecule has 3 heterocycles. The number of sulfone groups is 1. The van der Waals surface area contributed by atoms with E-state index in [1.54, 1.807) is 11.0 Å². The third-order valence-corrected chi connectivity index (χ3v) is 8.98. The standard InChI is InChI=1S/C19H27N3O7S2/c23-19(22-7-5-21(6-8-22)15-4-11-30(24,25)14-15)13-20-31(26,27)16-2-3-17-18(12-16)29-10-1-9-28-17/h2-3,12,15,20H,1,4-11,13-14H2/t15-/m1/s1. The summed E-state index contributed by atoms with van der Waals surface area (Å²) in [6.07, 6.45) is 1.35. The summed E-state index contributed by atoms with van der Waals surface area (Å²) in [6, 6.07) is 4.40. The van der Waals surface area contributed by atoms with Gasteiger partial charge in [0.2, 0.25) is 15.9 Å². The van der Waals surface area contributed by atoms with Crippen LogP contribution in [0, 0.1) is 0 Å². The van der Waals surface area contributed by atoms with Gasteiger partial charge in [0.05, 0.1) is 36.2 Å². The van der Waals surface area contributed by atoms with Crippen molar-refractivity contribution in [3.8, 4) is 11.5 Å². The van der Waals surface area contributed by atoms with Gasteiger partial charge in [-0.3, -0.25) is 9.69 Å². The normalized spacial score (nSPS) is 24.0. The number of amides is 1. The van der Waals surface area contributed by atoms with Gasteiger partial charge in [-0.05, 0) is 18.6 Å². The van der Waals surface area contributed by atoms with Crippen LogP contribution in [0.15, 0.2) is 23.1 Å². The van der Waals surface area contributed by atoms with E-state index in [9.17, 15) is 21.6 Å². The fourth-order valence-electron chi connectivity index (χ4n) is 4.06. The van der Waals surface area contributed by atoms with Crippen molar-refractivity contribution in [3.05, 3.63) is 18.2 Å². The smallest absolute Gasteiger partial charge is 0.241 e. The molecule has 1 aromatic rings. The molecule has 1 aromatic carbocycles. The monoisotopic (exact) mass is 473 g/mol. The number of fused-ring (bicyclic) bond motifs is 1. The van der Waals surface area contributed by atoms with Crippen LogP contribution in [0.4, 0.5) is 0 Å². The fraction of sp³-hybridized carbons (Fsp3) is 0.632. The molecule has 2 fully saturated rings. The number of benzene rings is 1. The summed E-state index contributed by atoms with van der Waals surface area (Å²) < 4.78 is 62.0. The summed E-state index contributed by atoms with van der Waals surface area (Å²) in [7, 11) is -6.84. The molecule has 12 heteroatoms. The van der Waals surface area contributed by atoms with Crippen molar-refractivity contribution >= 4 is 25.8 Å². The first-order valence-corrected chi connectivity index (χ1v) is 13.7. The van der Waals surface area contributed by atoms with Crippen molar-refractivity contribution in [1.82, 2.24) is 14.5 Å². The topological polar surface area (TPSA) is 122 Å². The first kappa shape index (κ1) is 22.3. The molecular formula is C19H27N3O7S2. The van der Waals surface area contributed by atoms with E-state index in [1.807, 2.05) is 0 Å². The average molecular weight is 474 g/mol. The van der Waals surface area contributed by atoms with E-state index in [-0.39, 0.29) is 34.9 Å². The van der Waals surface area contributed by atoms with E-state index < -0.39 is 19.9 Å². The Morgan fingerprint density at radius 2 is 1.81 bits per heavy atom. The molecule has 1 N–H and O–H groups in total. The average Bonchev–Trinajstić information content (AvgIpc) is 2.96. The molecule has 0 aliphatic carbocycles. The van der Waals surface area contributed by atoms with Gasteiger partial charge in [-0.25, -0.2) is 21.6 Å². The molecule has 2 saturated heterocycles. The highest BCUT2D eigenvalue weighted by molar-refractivity contribution is 7.91.